The Bertz CT molecular complexity index is 2340. The first kappa shape index (κ1) is 30.9. The summed E-state index contributed by atoms with van der Waals surface area (Å²) in [5.74, 6) is 0.640. The SMILES string of the molecule is CCOC(=O)C1=C(c2ccccc2)N=c2s/c(=C\c3ccc(OCc4cccc5ccccc45)c(OC)c3)c(=O)n2[C@H]1c1ccccc1. The minimum atomic E-state index is -0.724. The predicted octanol–water partition coefficient (Wildman–Crippen LogP) is 6.68. The molecule has 0 unspecified atom stereocenters. The van der Waals surface area contributed by atoms with E-state index in [0.29, 0.717) is 38.7 Å². The van der Waals surface area contributed by atoms with Gasteiger partial charge in [-0.25, -0.2) is 9.79 Å². The largest absolute Gasteiger partial charge is 0.493 e. The molecule has 0 fully saturated rings. The van der Waals surface area contributed by atoms with Gasteiger partial charge in [0.2, 0.25) is 0 Å². The first-order valence-electron chi connectivity index (χ1n) is 15.7. The Labute approximate surface area is 281 Å². The molecule has 0 radical (unpaired) electrons. The van der Waals surface area contributed by atoms with Gasteiger partial charge in [0.1, 0.15) is 6.61 Å². The summed E-state index contributed by atoms with van der Waals surface area (Å²) < 4.78 is 19.6. The van der Waals surface area contributed by atoms with E-state index in [-0.39, 0.29) is 12.2 Å². The normalized spacial score (nSPS) is 14.4. The van der Waals surface area contributed by atoms with Gasteiger partial charge in [-0.3, -0.25) is 9.36 Å². The summed E-state index contributed by atoms with van der Waals surface area (Å²) in [7, 11) is 1.60. The summed E-state index contributed by atoms with van der Waals surface area (Å²) in [5.41, 5.74) is 3.95. The number of carbonyl (C=O) groups is 1. The highest BCUT2D eigenvalue weighted by molar-refractivity contribution is 7.07. The number of ether oxygens (including phenoxy) is 3. The number of methoxy groups -OCH3 is 1. The molecule has 1 aliphatic heterocycles. The van der Waals surface area contributed by atoms with Gasteiger partial charge in [0.25, 0.3) is 5.56 Å². The topological polar surface area (TPSA) is 79.1 Å². The van der Waals surface area contributed by atoms with Crippen molar-refractivity contribution in [1.29, 1.82) is 0 Å². The van der Waals surface area contributed by atoms with E-state index in [1.165, 1.54) is 11.3 Å². The number of carbonyl (C=O) groups excluding carboxylic acids is 1. The molecule has 0 aliphatic carbocycles. The fourth-order valence-electron chi connectivity index (χ4n) is 6.01. The first-order valence-corrected chi connectivity index (χ1v) is 16.5. The van der Waals surface area contributed by atoms with E-state index < -0.39 is 12.0 Å². The molecule has 0 bridgehead atoms. The number of aromatic nitrogens is 1. The van der Waals surface area contributed by atoms with Gasteiger partial charge in [-0.1, -0.05) is 121 Å². The second-order valence-electron chi connectivity index (χ2n) is 11.2. The van der Waals surface area contributed by atoms with Crippen LogP contribution in [0.4, 0.5) is 0 Å². The molecule has 7 rings (SSSR count). The van der Waals surface area contributed by atoms with Gasteiger partial charge in [0.05, 0.1) is 35.6 Å². The van der Waals surface area contributed by atoms with Gasteiger partial charge in [-0.2, -0.15) is 0 Å². The number of hydrogen-bond acceptors (Lipinski definition) is 7. The maximum absolute atomic E-state index is 14.2. The molecule has 5 aromatic carbocycles. The second-order valence-corrected chi connectivity index (χ2v) is 12.2. The van der Waals surface area contributed by atoms with E-state index in [2.05, 4.69) is 24.3 Å². The number of nitrogens with zero attached hydrogens (tertiary/aromatic N) is 2. The number of fused-ring (bicyclic) bond motifs is 2. The number of rotatable bonds is 9. The summed E-state index contributed by atoms with van der Waals surface area (Å²) in [6.45, 7) is 2.34. The third-order valence-electron chi connectivity index (χ3n) is 8.24. The minimum absolute atomic E-state index is 0.194. The zero-order valence-electron chi connectivity index (χ0n) is 26.5. The molecular formula is C40H32N2O5S. The zero-order chi connectivity index (χ0) is 33.0. The van der Waals surface area contributed by atoms with Crippen molar-refractivity contribution in [2.24, 2.45) is 4.99 Å². The second kappa shape index (κ2) is 13.6. The fourth-order valence-corrected chi connectivity index (χ4v) is 7.01. The van der Waals surface area contributed by atoms with Gasteiger partial charge in [-0.05, 0) is 52.6 Å². The van der Waals surface area contributed by atoms with Crippen molar-refractivity contribution in [3.8, 4) is 11.5 Å². The van der Waals surface area contributed by atoms with Crippen LogP contribution in [0.2, 0.25) is 0 Å². The number of thiazole rings is 1. The highest BCUT2D eigenvalue weighted by Crippen LogP contribution is 2.35. The Morgan fingerprint density at radius 3 is 2.38 bits per heavy atom. The number of benzene rings is 5. The van der Waals surface area contributed by atoms with Crippen LogP contribution in [-0.2, 0) is 16.1 Å². The Morgan fingerprint density at radius 2 is 1.60 bits per heavy atom. The molecule has 8 heteroatoms. The van der Waals surface area contributed by atoms with Crippen molar-refractivity contribution in [3.05, 3.63) is 169 Å². The third-order valence-corrected chi connectivity index (χ3v) is 9.22. The van der Waals surface area contributed by atoms with Gasteiger partial charge < -0.3 is 14.2 Å². The van der Waals surface area contributed by atoms with Crippen LogP contribution >= 0.6 is 11.3 Å². The van der Waals surface area contributed by atoms with Gasteiger partial charge in [0.15, 0.2) is 16.3 Å². The average Bonchev–Trinajstić information content (AvgIpc) is 3.44. The lowest BCUT2D eigenvalue weighted by atomic mass is 9.93. The molecule has 2 heterocycles. The van der Waals surface area contributed by atoms with Gasteiger partial charge in [0, 0.05) is 5.56 Å². The van der Waals surface area contributed by atoms with Crippen molar-refractivity contribution in [2.45, 2.75) is 19.6 Å². The molecule has 7 nitrogen and oxygen atoms in total. The van der Waals surface area contributed by atoms with Crippen LogP contribution in [0.5, 0.6) is 11.5 Å². The van der Waals surface area contributed by atoms with Crippen molar-refractivity contribution >= 4 is 39.9 Å². The monoisotopic (exact) mass is 652 g/mol. The van der Waals surface area contributed by atoms with E-state index in [1.807, 2.05) is 103 Å². The molecule has 0 saturated carbocycles. The van der Waals surface area contributed by atoms with E-state index >= 15 is 0 Å². The summed E-state index contributed by atoms with van der Waals surface area (Å²) in [6, 6.07) is 38.3. The van der Waals surface area contributed by atoms with Crippen LogP contribution in [0.1, 0.15) is 35.2 Å². The predicted molar refractivity (Wildman–Crippen MR) is 189 cm³/mol. The smallest absolute Gasteiger partial charge is 0.338 e. The van der Waals surface area contributed by atoms with Crippen LogP contribution in [0, 0.1) is 0 Å². The van der Waals surface area contributed by atoms with Crippen molar-refractivity contribution in [3.63, 3.8) is 0 Å². The molecule has 0 saturated heterocycles. The lowest BCUT2D eigenvalue weighted by molar-refractivity contribution is -0.138. The van der Waals surface area contributed by atoms with E-state index in [4.69, 9.17) is 19.2 Å². The van der Waals surface area contributed by atoms with E-state index in [0.717, 1.165) is 33.0 Å². The quantitative estimate of drug-likeness (QED) is 0.163. The first-order chi connectivity index (χ1) is 23.6. The van der Waals surface area contributed by atoms with Crippen molar-refractivity contribution < 1.29 is 19.0 Å². The van der Waals surface area contributed by atoms with E-state index in [1.54, 1.807) is 18.6 Å². The van der Waals surface area contributed by atoms with Crippen LogP contribution in [0.3, 0.4) is 0 Å². The molecule has 1 aromatic heterocycles. The Balaban J connectivity index is 1.30. The number of esters is 1. The standard InChI is InChI=1S/C40H32N2O5S/c1-3-46-39(44)35-36(28-14-6-4-7-15-28)41-40-42(37(35)29-16-8-5-9-17-29)38(43)34(48-40)24-26-21-22-32(33(23-26)45-2)47-25-30-19-12-18-27-13-10-11-20-31(27)30/h4-24,37H,3,25H2,1-2H3/b34-24-/t37-/m0/s1. The van der Waals surface area contributed by atoms with E-state index in [9.17, 15) is 9.59 Å². The van der Waals surface area contributed by atoms with Crippen LogP contribution in [0.25, 0.3) is 22.5 Å². The zero-order valence-corrected chi connectivity index (χ0v) is 27.3. The molecule has 0 spiro atoms. The molecule has 48 heavy (non-hydrogen) atoms. The molecule has 238 valence electrons. The summed E-state index contributed by atoms with van der Waals surface area (Å²) in [4.78, 5) is 33.2. The molecule has 6 aromatic rings. The van der Waals surface area contributed by atoms with Crippen LogP contribution < -0.4 is 24.4 Å². The van der Waals surface area contributed by atoms with Crippen LogP contribution in [-0.4, -0.2) is 24.3 Å². The maximum Gasteiger partial charge on any atom is 0.338 e. The highest BCUT2D eigenvalue weighted by Gasteiger charge is 2.35. The lowest BCUT2D eigenvalue weighted by Gasteiger charge is -2.25. The van der Waals surface area contributed by atoms with Crippen LogP contribution in [0.15, 0.2) is 137 Å². The Morgan fingerprint density at radius 1 is 0.875 bits per heavy atom. The molecule has 0 amide bonds. The summed E-state index contributed by atoms with van der Waals surface area (Å²) in [6.07, 6.45) is 1.82. The molecular weight excluding hydrogens is 621 g/mol. The highest BCUT2D eigenvalue weighted by atomic mass is 32.1. The third kappa shape index (κ3) is 5.94. The van der Waals surface area contributed by atoms with Gasteiger partial charge >= 0.3 is 5.97 Å². The van der Waals surface area contributed by atoms with Crippen molar-refractivity contribution in [2.75, 3.05) is 13.7 Å². The summed E-state index contributed by atoms with van der Waals surface area (Å²) >= 11 is 1.28. The minimum Gasteiger partial charge on any atom is -0.493 e. The molecule has 1 atom stereocenters. The van der Waals surface area contributed by atoms with Gasteiger partial charge in [-0.15, -0.1) is 0 Å². The maximum atomic E-state index is 14.2. The molecule has 1 aliphatic rings. The Kier molecular flexibility index (Phi) is 8.72. The fraction of sp³-hybridized carbons (Fsp3) is 0.125. The number of hydrogen-bond donors (Lipinski definition) is 0. The molecule has 0 N–H and O–H groups in total. The van der Waals surface area contributed by atoms with Crippen molar-refractivity contribution in [1.82, 2.24) is 4.57 Å². The Hall–Kier alpha value is -5.73. The lowest BCUT2D eigenvalue weighted by Crippen LogP contribution is -2.39. The average molecular weight is 653 g/mol. The summed E-state index contributed by atoms with van der Waals surface area (Å²) in [5, 5.41) is 2.29.